The summed E-state index contributed by atoms with van der Waals surface area (Å²) >= 11 is 9.23. The first-order valence-corrected chi connectivity index (χ1v) is 13.1. The summed E-state index contributed by atoms with van der Waals surface area (Å²) in [4.78, 5) is 18.8. The number of pyridine rings is 1. The molecule has 1 saturated heterocycles. The van der Waals surface area contributed by atoms with E-state index in [1.807, 2.05) is 41.3 Å². The highest BCUT2D eigenvalue weighted by atomic mass is 79.9. The molecule has 3 heterocycles. The summed E-state index contributed by atoms with van der Waals surface area (Å²) in [5.74, 6) is 0.998. The van der Waals surface area contributed by atoms with Gasteiger partial charge in [0.1, 0.15) is 35.7 Å². The van der Waals surface area contributed by atoms with Crippen molar-refractivity contribution in [3.8, 4) is 17.1 Å². The highest BCUT2D eigenvalue weighted by Gasteiger charge is 2.43. The molecule has 11 heteroatoms. The summed E-state index contributed by atoms with van der Waals surface area (Å²) in [7, 11) is 2.98. The first-order valence-electron chi connectivity index (χ1n) is 11.9. The van der Waals surface area contributed by atoms with Crippen molar-refractivity contribution in [1.29, 1.82) is 0 Å². The van der Waals surface area contributed by atoms with Crippen LogP contribution in [0.3, 0.4) is 0 Å². The van der Waals surface area contributed by atoms with Crippen LogP contribution in [-0.4, -0.2) is 36.8 Å². The number of halogens is 2. The van der Waals surface area contributed by atoms with Gasteiger partial charge in [0.15, 0.2) is 5.11 Å². The number of nitrogens with zero attached hydrogens (tertiary/aromatic N) is 2. The molecule has 0 bridgehead atoms. The maximum atomic E-state index is 13.7. The van der Waals surface area contributed by atoms with Crippen molar-refractivity contribution in [2.45, 2.75) is 12.1 Å². The van der Waals surface area contributed by atoms with Crippen LogP contribution >= 0.6 is 28.1 Å². The summed E-state index contributed by atoms with van der Waals surface area (Å²) in [5.41, 5.74) is 2.65. The van der Waals surface area contributed by atoms with Crippen LogP contribution in [0.4, 0.5) is 15.8 Å². The number of hydrogen-bond acceptors (Lipinski definition) is 6. The Morgan fingerprint density at radius 1 is 1.18 bits per heavy atom. The number of carbonyl (C=O) groups excluding carboxylic acids is 1. The van der Waals surface area contributed by atoms with Crippen LogP contribution in [0.25, 0.3) is 11.3 Å². The lowest BCUT2D eigenvalue weighted by atomic mass is 10.0. The fourth-order valence-electron chi connectivity index (χ4n) is 4.53. The van der Waals surface area contributed by atoms with Crippen LogP contribution in [-0.2, 0) is 9.53 Å². The van der Waals surface area contributed by atoms with Crippen LogP contribution in [0.1, 0.15) is 23.5 Å². The summed E-state index contributed by atoms with van der Waals surface area (Å²) in [6.45, 7) is -0.102. The number of carbonyl (C=O) groups is 1. The molecule has 1 aliphatic rings. The van der Waals surface area contributed by atoms with E-state index in [2.05, 4.69) is 31.5 Å². The fraction of sp³-hybridized carbons (Fsp3) is 0.179. The molecule has 2 unspecified atom stereocenters. The number of thiocarbonyl (C=S) groups is 1. The zero-order valence-electron chi connectivity index (χ0n) is 21.0. The van der Waals surface area contributed by atoms with E-state index >= 15 is 0 Å². The van der Waals surface area contributed by atoms with Crippen LogP contribution in [0.15, 0.2) is 81.8 Å². The predicted molar refractivity (Wildman–Crippen MR) is 153 cm³/mol. The maximum absolute atomic E-state index is 13.7. The number of amides is 1. The minimum absolute atomic E-state index is 0.102. The molecule has 1 amide bonds. The monoisotopic (exact) mass is 610 g/mol. The van der Waals surface area contributed by atoms with Crippen molar-refractivity contribution in [2.24, 2.45) is 0 Å². The van der Waals surface area contributed by atoms with E-state index in [1.54, 1.807) is 24.4 Å². The van der Waals surface area contributed by atoms with Gasteiger partial charge in [-0.1, -0.05) is 6.07 Å². The minimum atomic E-state index is -0.434. The molecule has 1 aliphatic heterocycles. The first kappa shape index (κ1) is 26.8. The predicted octanol–water partition coefficient (Wildman–Crippen LogP) is 6.01. The van der Waals surface area contributed by atoms with Crippen molar-refractivity contribution in [3.05, 3.63) is 94.7 Å². The van der Waals surface area contributed by atoms with Crippen molar-refractivity contribution >= 4 is 50.5 Å². The Kier molecular flexibility index (Phi) is 7.92. The third kappa shape index (κ3) is 5.51. The lowest BCUT2D eigenvalue weighted by Gasteiger charge is -2.27. The average Bonchev–Trinajstić information content (AvgIpc) is 3.54. The van der Waals surface area contributed by atoms with Crippen molar-refractivity contribution in [3.63, 3.8) is 0 Å². The van der Waals surface area contributed by atoms with Gasteiger partial charge in [-0.2, -0.15) is 0 Å². The Hall–Kier alpha value is -3.80. The fourth-order valence-corrected chi connectivity index (χ4v) is 5.42. The van der Waals surface area contributed by atoms with Crippen molar-refractivity contribution in [2.75, 3.05) is 31.0 Å². The Morgan fingerprint density at radius 3 is 2.74 bits per heavy atom. The number of nitrogens with one attached hydrogen (secondary N) is 2. The normalized spacial score (nSPS) is 16.7. The van der Waals surface area contributed by atoms with Gasteiger partial charge in [-0.25, -0.2) is 4.39 Å². The zero-order valence-corrected chi connectivity index (χ0v) is 23.4. The molecule has 2 aromatic heterocycles. The number of methoxy groups -OCH3 is 2. The number of hydrogen-bond donors (Lipinski definition) is 2. The second-order valence-electron chi connectivity index (χ2n) is 8.69. The second-order valence-corrected chi connectivity index (χ2v) is 9.93. The largest absolute Gasteiger partial charge is 0.495 e. The van der Waals surface area contributed by atoms with Gasteiger partial charge in [0.25, 0.3) is 0 Å². The van der Waals surface area contributed by atoms with Gasteiger partial charge >= 0.3 is 0 Å². The third-order valence-corrected chi connectivity index (χ3v) is 7.19. The number of ether oxygens (including phenoxy) is 2. The molecule has 200 valence electrons. The molecular weight excluding hydrogens is 587 g/mol. The van der Waals surface area contributed by atoms with E-state index in [9.17, 15) is 9.18 Å². The van der Waals surface area contributed by atoms with Gasteiger partial charge in [-0.05, 0) is 88.8 Å². The molecule has 0 aliphatic carbocycles. The third-order valence-electron chi connectivity index (χ3n) is 6.22. The molecule has 8 nitrogen and oxygen atoms in total. The lowest BCUT2D eigenvalue weighted by molar-refractivity contribution is -0.119. The van der Waals surface area contributed by atoms with Gasteiger partial charge in [0.05, 0.1) is 24.5 Å². The number of anilines is 2. The van der Waals surface area contributed by atoms with E-state index in [-0.39, 0.29) is 24.4 Å². The highest BCUT2D eigenvalue weighted by Crippen LogP contribution is 2.44. The van der Waals surface area contributed by atoms with Crippen LogP contribution in [0.2, 0.25) is 0 Å². The van der Waals surface area contributed by atoms with Crippen LogP contribution < -0.4 is 20.3 Å². The topological polar surface area (TPSA) is 88.9 Å². The summed E-state index contributed by atoms with van der Waals surface area (Å²) in [5, 5.41) is 6.66. The average molecular weight is 611 g/mol. The van der Waals surface area contributed by atoms with Gasteiger partial charge in [0, 0.05) is 29.0 Å². The van der Waals surface area contributed by atoms with Gasteiger partial charge in [-0.15, -0.1) is 0 Å². The number of benzene rings is 2. The Labute approximate surface area is 238 Å². The summed E-state index contributed by atoms with van der Waals surface area (Å²) in [6, 6.07) is 18.4. The standard InChI is InChI=1S/C28H24BrFN4O4S/c1-36-15-25(35)32-21-14-17(7-9-23(21)37-2)34-27(26(33-28(34)39)20-5-3-4-12-31-20)24-11-10-22(38-24)18-8-6-16(30)13-19(18)29/h3-14,26-27H,15H2,1-2H3,(H,32,35)(H,33,39). The molecule has 39 heavy (non-hydrogen) atoms. The molecule has 0 spiro atoms. The highest BCUT2D eigenvalue weighted by molar-refractivity contribution is 9.10. The van der Waals surface area contributed by atoms with E-state index < -0.39 is 6.04 Å². The lowest BCUT2D eigenvalue weighted by Crippen LogP contribution is -2.29. The molecule has 2 N–H and O–H groups in total. The number of furan rings is 1. The quantitative estimate of drug-likeness (QED) is 0.234. The first-order chi connectivity index (χ1) is 18.9. The van der Waals surface area contributed by atoms with Gasteiger partial charge < -0.3 is 29.4 Å². The minimum Gasteiger partial charge on any atom is -0.495 e. The van der Waals surface area contributed by atoms with E-state index in [0.29, 0.717) is 43.8 Å². The summed E-state index contributed by atoms with van der Waals surface area (Å²) < 4.78 is 31.1. The Balaban J connectivity index is 1.59. The molecule has 5 rings (SSSR count). The molecule has 0 saturated carbocycles. The maximum Gasteiger partial charge on any atom is 0.250 e. The summed E-state index contributed by atoms with van der Waals surface area (Å²) in [6.07, 6.45) is 1.72. The van der Waals surface area contributed by atoms with Crippen LogP contribution in [0.5, 0.6) is 5.75 Å². The number of rotatable bonds is 8. The van der Waals surface area contributed by atoms with Crippen molar-refractivity contribution in [1.82, 2.24) is 10.3 Å². The smallest absolute Gasteiger partial charge is 0.250 e. The molecule has 2 atom stereocenters. The molecule has 2 aromatic carbocycles. The van der Waals surface area contributed by atoms with E-state index in [0.717, 1.165) is 5.69 Å². The van der Waals surface area contributed by atoms with Gasteiger partial charge in [0.2, 0.25) is 5.91 Å². The van der Waals surface area contributed by atoms with E-state index in [4.69, 9.17) is 26.1 Å². The van der Waals surface area contributed by atoms with E-state index in [1.165, 1.54) is 26.4 Å². The van der Waals surface area contributed by atoms with Crippen molar-refractivity contribution < 1.29 is 23.1 Å². The van der Waals surface area contributed by atoms with Crippen LogP contribution in [0, 0.1) is 5.82 Å². The Bertz CT molecular complexity index is 1520. The SMILES string of the molecule is COCC(=O)Nc1cc(N2C(=S)NC(c3ccccn3)C2c2ccc(-c3ccc(F)cc3Br)o2)ccc1OC. The molecule has 0 radical (unpaired) electrons. The van der Waals surface area contributed by atoms with Gasteiger partial charge in [-0.3, -0.25) is 9.78 Å². The molecule has 4 aromatic rings. The molecule has 1 fully saturated rings. The zero-order chi connectivity index (χ0) is 27.5. The molecular formula is C28H24BrFN4O4S. The Morgan fingerprint density at radius 2 is 2.03 bits per heavy atom. The number of aromatic nitrogens is 1. The second kappa shape index (κ2) is 11.5.